The molecule has 0 aliphatic carbocycles. The van der Waals surface area contributed by atoms with Gasteiger partial charge in [0.05, 0.1) is 23.9 Å². The van der Waals surface area contributed by atoms with E-state index >= 15 is 0 Å². The molecular weight excluding hydrogens is 230 g/mol. The predicted molar refractivity (Wildman–Crippen MR) is 71.1 cm³/mol. The molecule has 0 spiro atoms. The highest BCUT2D eigenvalue weighted by molar-refractivity contribution is 5.89. The molecule has 6 nitrogen and oxygen atoms in total. The standard InChI is InChI=1S/C12H17N5O/c1-3-12(2,7-18)17-10-8-4-5-14-6-9(8)15-11(13)16-10/h4-6,18H,3,7H2,1-2H3,(H3,13,15,16,17). The number of rotatable bonds is 4. The average molecular weight is 247 g/mol. The zero-order valence-corrected chi connectivity index (χ0v) is 10.5. The Hall–Kier alpha value is -1.95. The molecule has 1 unspecified atom stereocenters. The number of hydrogen-bond donors (Lipinski definition) is 3. The Labute approximate surface area is 105 Å². The van der Waals surface area contributed by atoms with Crippen molar-refractivity contribution < 1.29 is 5.11 Å². The smallest absolute Gasteiger partial charge is 0.222 e. The maximum atomic E-state index is 9.44. The Balaban J connectivity index is 2.50. The molecule has 0 fully saturated rings. The van der Waals surface area contributed by atoms with Gasteiger partial charge in [-0.05, 0) is 19.4 Å². The van der Waals surface area contributed by atoms with Crippen molar-refractivity contribution in [2.75, 3.05) is 17.7 Å². The SMILES string of the molecule is CCC(C)(CO)Nc1nc(N)nc2cnccc12. The second-order valence-electron chi connectivity index (χ2n) is 4.52. The van der Waals surface area contributed by atoms with E-state index in [1.54, 1.807) is 12.4 Å². The van der Waals surface area contributed by atoms with Gasteiger partial charge in [0, 0.05) is 11.6 Å². The minimum atomic E-state index is -0.434. The molecule has 6 heteroatoms. The van der Waals surface area contributed by atoms with Crippen LogP contribution in [0.5, 0.6) is 0 Å². The lowest BCUT2D eigenvalue weighted by molar-refractivity contribution is 0.218. The molecule has 18 heavy (non-hydrogen) atoms. The summed E-state index contributed by atoms with van der Waals surface area (Å²) in [6, 6.07) is 1.82. The molecule has 1 atom stereocenters. The first-order valence-corrected chi connectivity index (χ1v) is 5.84. The largest absolute Gasteiger partial charge is 0.394 e. The van der Waals surface area contributed by atoms with E-state index in [-0.39, 0.29) is 12.6 Å². The van der Waals surface area contributed by atoms with Crippen LogP contribution in [0.3, 0.4) is 0 Å². The molecule has 0 saturated heterocycles. The lowest BCUT2D eigenvalue weighted by Crippen LogP contribution is -2.38. The van der Waals surface area contributed by atoms with Crippen molar-refractivity contribution in [2.45, 2.75) is 25.8 Å². The maximum absolute atomic E-state index is 9.44. The van der Waals surface area contributed by atoms with E-state index in [4.69, 9.17) is 5.73 Å². The van der Waals surface area contributed by atoms with E-state index in [0.717, 1.165) is 11.8 Å². The molecule has 96 valence electrons. The molecule has 0 saturated carbocycles. The highest BCUT2D eigenvalue weighted by Crippen LogP contribution is 2.24. The van der Waals surface area contributed by atoms with Gasteiger partial charge in [-0.2, -0.15) is 4.98 Å². The third kappa shape index (κ3) is 2.33. The Bertz CT molecular complexity index is 553. The molecule has 0 radical (unpaired) electrons. The summed E-state index contributed by atoms with van der Waals surface area (Å²) in [4.78, 5) is 12.3. The van der Waals surface area contributed by atoms with E-state index in [1.165, 1.54) is 0 Å². The Morgan fingerprint density at radius 2 is 2.22 bits per heavy atom. The van der Waals surface area contributed by atoms with Crippen molar-refractivity contribution in [1.82, 2.24) is 15.0 Å². The monoisotopic (exact) mass is 247 g/mol. The van der Waals surface area contributed by atoms with E-state index in [1.807, 2.05) is 19.9 Å². The second kappa shape index (κ2) is 4.73. The first-order chi connectivity index (χ1) is 8.58. The van der Waals surface area contributed by atoms with Gasteiger partial charge in [-0.15, -0.1) is 0 Å². The highest BCUT2D eigenvalue weighted by atomic mass is 16.3. The Kier molecular flexibility index (Phi) is 3.29. The van der Waals surface area contributed by atoms with Crippen molar-refractivity contribution in [3.63, 3.8) is 0 Å². The van der Waals surface area contributed by atoms with Crippen LogP contribution in [-0.2, 0) is 0 Å². The van der Waals surface area contributed by atoms with Crippen molar-refractivity contribution in [1.29, 1.82) is 0 Å². The summed E-state index contributed by atoms with van der Waals surface area (Å²) < 4.78 is 0. The maximum Gasteiger partial charge on any atom is 0.222 e. The molecule has 0 aliphatic heterocycles. The summed E-state index contributed by atoms with van der Waals surface area (Å²) in [5.41, 5.74) is 5.92. The predicted octanol–water partition coefficient (Wildman–Crippen LogP) is 1.18. The van der Waals surface area contributed by atoms with Crippen LogP contribution in [0.25, 0.3) is 10.9 Å². The number of aliphatic hydroxyl groups excluding tert-OH is 1. The van der Waals surface area contributed by atoms with E-state index in [9.17, 15) is 5.11 Å². The van der Waals surface area contributed by atoms with E-state index in [0.29, 0.717) is 11.3 Å². The van der Waals surface area contributed by atoms with Crippen LogP contribution < -0.4 is 11.1 Å². The van der Waals surface area contributed by atoms with Gasteiger partial charge in [0.2, 0.25) is 5.95 Å². The number of fused-ring (bicyclic) bond motifs is 1. The number of hydrogen-bond acceptors (Lipinski definition) is 6. The van der Waals surface area contributed by atoms with Gasteiger partial charge >= 0.3 is 0 Å². The third-order valence-electron chi connectivity index (χ3n) is 3.07. The summed E-state index contributed by atoms with van der Waals surface area (Å²) >= 11 is 0. The van der Waals surface area contributed by atoms with Gasteiger partial charge in [-0.3, -0.25) is 4.98 Å². The van der Waals surface area contributed by atoms with E-state index in [2.05, 4.69) is 20.3 Å². The molecule has 0 aromatic carbocycles. The number of nitrogens with two attached hydrogens (primary N) is 1. The van der Waals surface area contributed by atoms with Crippen LogP contribution in [0.2, 0.25) is 0 Å². The van der Waals surface area contributed by atoms with Crippen LogP contribution in [0.4, 0.5) is 11.8 Å². The van der Waals surface area contributed by atoms with Gasteiger partial charge in [0.15, 0.2) is 0 Å². The fraction of sp³-hybridized carbons (Fsp3) is 0.417. The van der Waals surface area contributed by atoms with Crippen LogP contribution in [0.15, 0.2) is 18.5 Å². The van der Waals surface area contributed by atoms with Crippen LogP contribution >= 0.6 is 0 Å². The minimum Gasteiger partial charge on any atom is -0.394 e. The van der Waals surface area contributed by atoms with Gasteiger partial charge in [-0.1, -0.05) is 6.92 Å². The Morgan fingerprint density at radius 3 is 2.89 bits per heavy atom. The summed E-state index contributed by atoms with van der Waals surface area (Å²) in [6.45, 7) is 3.94. The van der Waals surface area contributed by atoms with Crippen LogP contribution in [0, 0.1) is 0 Å². The molecule has 2 heterocycles. The van der Waals surface area contributed by atoms with Crippen molar-refractivity contribution >= 4 is 22.7 Å². The minimum absolute atomic E-state index is 0.0139. The van der Waals surface area contributed by atoms with E-state index < -0.39 is 5.54 Å². The van der Waals surface area contributed by atoms with Gasteiger partial charge in [0.1, 0.15) is 5.82 Å². The lowest BCUT2D eigenvalue weighted by Gasteiger charge is -2.28. The molecular formula is C12H17N5O. The number of nitrogens with one attached hydrogen (secondary N) is 1. The average Bonchev–Trinajstić information content (AvgIpc) is 2.38. The molecule has 2 rings (SSSR count). The summed E-state index contributed by atoms with van der Waals surface area (Å²) in [5, 5.41) is 13.5. The topological polar surface area (TPSA) is 97.0 Å². The first-order valence-electron chi connectivity index (χ1n) is 5.84. The summed E-state index contributed by atoms with van der Waals surface area (Å²) in [6.07, 6.45) is 4.08. The number of nitrogens with zero attached hydrogens (tertiary/aromatic N) is 3. The normalized spacial score (nSPS) is 14.4. The third-order valence-corrected chi connectivity index (χ3v) is 3.07. The van der Waals surface area contributed by atoms with Gasteiger partial charge in [-0.25, -0.2) is 4.98 Å². The van der Waals surface area contributed by atoms with Gasteiger partial charge < -0.3 is 16.2 Å². The summed E-state index contributed by atoms with van der Waals surface area (Å²) in [7, 11) is 0. The van der Waals surface area contributed by atoms with Crippen molar-refractivity contribution in [2.24, 2.45) is 0 Å². The first kappa shape index (κ1) is 12.5. The second-order valence-corrected chi connectivity index (χ2v) is 4.52. The number of pyridine rings is 1. The fourth-order valence-electron chi connectivity index (χ4n) is 1.62. The fourth-order valence-corrected chi connectivity index (χ4v) is 1.62. The van der Waals surface area contributed by atoms with Crippen LogP contribution in [-0.4, -0.2) is 32.2 Å². The molecule has 2 aromatic rings. The zero-order chi connectivity index (χ0) is 13.2. The highest BCUT2D eigenvalue weighted by Gasteiger charge is 2.22. The number of nitrogen functional groups attached to an aromatic ring is 1. The zero-order valence-electron chi connectivity index (χ0n) is 10.5. The molecule has 0 amide bonds. The quantitative estimate of drug-likeness (QED) is 0.750. The number of anilines is 2. The molecule has 2 aromatic heterocycles. The Morgan fingerprint density at radius 1 is 1.44 bits per heavy atom. The van der Waals surface area contributed by atoms with Gasteiger partial charge in [0.25, 0.3) is 0 Å². The number of aliphatic hydroxyl groups is 1. The lowest BCUT2D eigenvalue weighted by atomic mass is 10.00. The molecule has 4 N–H and O–H groups in total. The number of aromatic nitrogens is 3. The molecule has 0 bridgehead atoms. The summed E-state index contributed by atoms with van der Waals surface area (Å²) in [5.74, 6) is 0.813. The van der Waals surface area contributed by atoms with Crippen LogP contribution in [0.1, 0.15) is 20.3 Å². The van der Waals surface area contributed by atoms with Crippen molar-refractivity contribution in [3.05, 3.63) is 18.5 Å². The molecule has 0 aliphatic rings. The van der Waals surface area contributed by atoms with Crippen molar-refractivity contribution in [3.8, 4) is 0 Å².